The molecule has 0 spiro atoms. The summed E-state index contributed by atoms with van der Waals surface area (Å²) in [7, 11) is -3.85. The molecule has 11 nitrogen and oxygen atoms in total. The van der Waals surface area contributed by atoms with E-state index in [0.29, 0.717) is 12.1 Å². The van der Waals surface area contributed by atoms with Crippen molar-refractivity contribution in [2.45, 2.75) is 51.3 Å². The van der Waals surface area contributed by atoms with Crippen molar-refractivity contribution < 1.29 is 32.0 Å². The number of rotatable bonds is 6. The third kappa shape index (κ3) is 3.49. The molecular weight excluding hydrogens is 408 g/mol. The lowest BCUT2D eigenvalue weighted by Gasteiger charge is -2.33. The zero-order valence-corrected chi connectivity index (χ0v) is 17.2. The molecule has 4 heterocycles. The van der Waals surface area contributed by atoms with Crippen LogP contribution in [-0.2, 0) is 22.9 Å². The first-order valence-corrected chi connectivity index (χ1v) is 10.8. The van der Waals surface area contributed by atoms with Gasteiger partial charge in [-0.15, -0.1) is 0 Å². The van der Waals surface area contributed by atoms with Crippen molar-refractivity contribution in [3.8, 4) is 5.88 Å². The minimum Gasteiger partial charge on any atom is -0.476 e. The standard InChI is InChI=1S/C16H23FN5O6P/c1-4-6-24-13-10-12(20-15(18)21-13)22(8-19-10)14-16(3,17)11-9(27-14)7-26-29(23,28-11)25-5-2/h8-9,11,14H,4-7H2,1-3H3,(H2,18,20,21)/t9-,11-,14-,16-,29-/m1/s1. The third-order valence-electron chi connectivity index (χ3n) is 4.71. The molecule has 2 N–H and O–H groups in total. The third-order valence-corrected chi connectivity index (χ3v) is 6.23. The second-order valence-electron chi connectivity index (χ2n) is 6.92. The molecule has 2 aromatic heterocycles. The van der Waals surface area contributed by atoms with Gasteiger partial charge in [-0.3, -0.25) is 18.1 Å². The van der Waals surface area contributed by atoms with Crippen molar-refractivity contribution in [3.63, 3.8) is 0 Å². The van der Waals surface area contributed by atoms with Gasteiger partial charge in [0, 0.05) is 0 Å². The van der Waals surface area contributed by atoms with Crippen molar-refractivity contribution >= 4 is 24.9 Å². The topological polar surface area (TPSA) is 133 Å². The van der Waals surface area contributed by atoms with Crippen molar-refractivity contribution in [2.75, 3.05) is 25.6 Å². The van der Waals surface area contributed by atoms with E-state index in [0.717, 1.165) is 6.42 Å². The van der Waals surface area contributed by atoms with Crippen LogP contribution in [0.2, 0.25) is 0 Å². The lowest BCUT2D eigenvalue weighted by molar-refractivity contribution is -0.0702. The summed E-state index contributed by atoms with van der Waals surface area (Å²) in [6.45, 7) is 5.28. The van der Waals surface area contributed by atoms with Gasteiger partial charge in [0.25, 0.3) is 0 Å². The number of nitrogens with zero attached hydrogens (tertiary/aromatic N) is 4. The van der Waals surface area contributed by atoms with E-state index in [-0.39, 0.29) is 30.7 Å². The highest BCUT2D eigenvalue weighted by Crippen LogP contribution is 2.59. The van der Waals surface area contributed by atoms with Gasteiger partial charge in [0.05, 0.1) is 26.1 Å². The summed E-state index contributed by atoms with van der Waals surface area (Å²) in [5.41, 5.74) is 4.30. The van der Waals surface area contributed by atoms with Crippen LogP contribution in [0.3, 0.4) is 0 Å². The molecule has 4 rings (SSSR count). The number of phosphoric acid groups is 1. The van der Waals surface area contributed by atoms with Gasteiger partial charge in [0.15, 0.2) is 23.1 Å². The van der Waals surface area contributed by atoms with Gasteiger partial charge in [-0.25, -0.2) is 13.9 Å². The SMILES string of the molecule is CCCOc1nc(N)nc2c1ncn2[C@@H]1O[C@@H]2CO[P@@](=O)(OCC)O[C@H]2[C@@]1(C)F. The highest BCUT2D eigenvalue weighted by Gasteiger charge is 2.61. The molecule has 0 unspecified atom stereocenters. The first-order valence-electron chi connectivity index (χ1n) is 9.33. The Morgan fingerprint density at radius 1 is 1.45 bits per heavy atom. The fourth-order valence-electron chi connectivity index (χ4n) is 3.45. The number of nitrogen functional groups attached to an aromatic ring is 1. The van der Waals surface area contributed by atoms with Crippen molar-refractivity contribution in [1.29, 1.82) is 0 Å². The minimum absolute atomic E-state index is 0.0400. The Morgan fingerprint density at radius 2 is 2.24 bits per heavy atom. The molecule has 160 valence electrons. The van der Waals surface area contributed by atoms with E-state index in [1.807, 2.05) is 6.92 Å². The lowest BCUT2D eigenvalue weighted by Crippen LogP contribution is -2.44. The summed E-state index contributed by atoms with van der Waals surface area (Å²) in [6.07, 6.45) is -0.981. The Kier molecular flexibility index (Phi) is 5.24. The second-order valence-corrected chi connectivity index (χ2v) is 8.55. The van der Waals surface area contributed by atoms with E-state index in [2.05, 4.69) is 15.0 Å². The first-order chi connectivity index (χ1) is 13.8. The van der Waals surface area contributed by atoms with E-state index < -0.39 is 31.9 Å². The maximum atomic E-state index is 15.9. The molecule has 13 heteroatoms. The summed E-state index contributed by atoms with van der Waals surface area (Å²) in [5.74, 6) is 0.172. The van der Waals surface area contributed by atoms with Crippen LogP contribution in [0.15, 0.2) is 6.33 Å². The number of anilines is 1. The number of hydrogen-bond donors (Lipinski definition) is 1. The van der Waals surface area contributed by atoms with E-state index in [4.69, 9.17) is 28.8 Å². The largest absolute Gasteiger partial charge is 0.476 e. The monoisotopic (exact) mass is 431 g/mol. The van der Waals surface area contributed by atoms with Crippen LogP contribution in [0.1, 0.15) is 33.4 Å². The summed E-state index contributed by atoms with van der Waals surface area (Å²) >= 11 is 0. The molecule has 0 amide bonds. The number of fused-ring (bicyclic) bond motifs is 2. The molecule has 2 aromatic rings. The van der Waals surface area contributed by atoms with Crippen LogP contribution in [0.5, 0.6) is 5.88 Å². The minimum atomic E-state index is -3.85. The number of halogens is 1. The first kappa shape index (κ1) is 20.4. The molecule has 29 heavy (non-hydrogen) atoms. The molecule has 5 atom stereocenters. The zero-order chi connectivity index (χ0) is 20.8. The quantitative estimate of drug-likeness (QED) is 0.680. The smallest absolute Gasteiger partial charge is 0.475 e. The van der Waals surface area contributed by atoms with Crippen LogP contribution in [0.4, 0.5) is 10.3 Å². The number of aromatic nitrogens is 4. The van der Waals surface area contributed by atoms with Crippen LogP contribution in [0.25, 0.3) is 11.2 Å². The molecule has 2 saturated heterocycles. The van der Waals surface area contributed by atoms with Gasteiger partial charge in [-0.1, -0.05) is 6.92 Å². The Labute approximate surface area is 166 Å². The number of ether oxygens (including phenoxy) is 2. The van der Waals surface area contributed by atoms with Crippen LogP contribution in [-0.4, -0.2) is 57.2 Å². The van der Waals surface area contributed by atoms with Gasteiger partial charge >= 0.3 is 7.82 Å². The molecule has 0 radical (unpaired) electrons. The Hall–Kier alpha value is -1.85. The number of imidazole rings is 1. The van der Waals surface area contributed by atoms with E-state index in [1.165, 1.54) is 17.8 Å². The maximum absolute atomic E-state index is 15.9. The van der Waals surface area contributed by atoms with Crippen molar-refractivity contribution in [3.05, 3.63) is 6.33 Å². The molecule has 2 aliphatic heterocycles. The summed E-state index contributed by atoms with van der Waals surface area (Å²) < 4.78 is 56.8. The molecule has 0 saturated carbocycles. The van der Waals surface area contributed by atoms with Gasteiger partial charge in [0.2, 0.25) is 11.8 Å². The molecule has 0 bridgehead atoms. The Morgan fingerprint density at radius 3 is 2.97 bits per heavy atom. The number of nitrogens with two attached hydrogens (primary N) is 1. The zero-order valence-electron chi connectivity index (χ0n) is 16.3. The van der Waals surface area contributed by atoms with Gasteiger partial charge in [-0.2, -0.15) is 9.97 Å². The van der Waals surface area contributed by atoms with Gasteiger partial charge < -0.3 is 15.2 Å². The van der Waals surface area contributed by atoms with E-state index in [9.17, 15) is 4.57 Å². The maximum Gasteiger partial charge on any atom is 0.475 e. The molecular formula is C16H23FN5O6P. The summed E-state index contributed by atoms with van der Waals surface area (Å²) in [4.78, 5) is 12.5. The average Bonchev–Trinajstić information content (AvgIpc) is 3.18. The average molecular weight is 431 g/mol. The molecule has 2 aliphatic rings. The van der Waals surface area contributed by atoms with E-state index in [1.54, 1.807) is 6.92 Å². The highest BCUT2D eigenvalue weighted by atomic mass is 31.2. The van der Waals surface area contributed by atoms with Crippen LogP contribution in [0, 0.1) is 0 Å². The molecule has 0 aromatic carbocycles. The van der Waals surface area contributed by atoms with Crippen molar-refractivity contribution in [1.82, 2.24) is 19.5 Å². The fourth-order valence-corrected chi connectivity index (χ4v) is 4.91. The van der Waals surface area contributed by atoms with Crippen molar-refractivity contribution in [2.24, 2.45) is 0 Å². The predicted octanol–water partition coefficient (Wildman–Crippen LogP) is 2.38. The molecule has 0 aliphatic carbocycles. The second kappa shape index (κ2) is 7.44. The highest BCUT2D eigenvalue weighted by molar-refractivity contribution is 7.48. The number of hydrogen-bond acceptors (Lipinski definition) is 10. The molecule has 2 fully saturated rings. The van der Waals surface area contributed by atoms with Gasteiger partial charge in [-0.05, 0) is 20.3 Å². The number of alkyl halides is 1. The normalized spacial score (nSPS) is 34.4. The number of phosphoric ester groups is 1. The summed E-state index contributed by atoms with van der Waals surface area (Å²) in [5, 5.41) is 0. The summed E-state index contributed by atoms with van der Waals surface area (Å²) in [6, 6.07) is 0. The fraction of sp³-hybridized carbons (Fsp3) is 0.688. The Bertz CT molecular complexity index is 955. The lowest BCUT2D eigenvalue weighted by atomic mass is 9.98. The van der Waals surface area contributed by atoms with Gasteiger partial charge in [0.1, 0.15) is 12.2 Å². The Balaban J connectivity index is 1.70. The van der Waals surface area contributed by atoms with Crippen LogP contribution >= 0.6 is 7.82 Å². The van der Waals surface area contributed by atoms with E-state index >= 15 is 4.39 Å². The van der Waals surface area contributed by atoms with Crippen LogP contribution < -0.4 is 10.5 Å². The predicted molar refractivity (Wildman–Crippen MR) is 99.0 cm³/mol.